The normalized spacial score (nSPS) is 11.2. The number of nitrogens with two attached hydrogens (primary N) is 1. The van der Waals surface area contributed by atoms with Gasteiger partial charge in [-0.1, -0.05) is 34.1 Å². The molecule has 0 spiro atoms. The molecule has 2 aromatic rings. The second kappa shape index (κ2) is 6.34. The summed E-state index contributed by atoms with van der Waals surface area (Å²) in [6, 6.07) is 14.4. The third-order valence-corrected chi connectivity index (χ3v) is 3.23. The van der Waals surface area contributed by atoms with Gasteiger partial charge in [0.15, 0.2) is 0 Å². The van der Waals surface area contributed by atoms with E-state index in [4.69, 9.17) is 5.73 Å². The first-order chi connectivity index (χ1) is 9.56. The van der Waals surface area contributed by atoms with Gasteiger partial charge < -0.3 is 5.73 Å². The highest BCUT2D eigenvalue weighted by atomic mass is 79.9. The average molecular weight is 332 g/mol. The molecule has 0 saturated carbocycles. The van der Waals surface area contributed by atoms with E-state index in [1.54, 1.807) is 30.3 Å². The molecule has 0 atom stereocenters. The number of carbonyl (C=O) groups is 1. The molecule has 20 heavy (non-hydrogen) atoms. The van der Waals surface area contributed by atoms with Crippen LogP contribution in [-0.2, 0) is 0 Å². The molecule has 102 valence electrons. The van der Waals surface area contributed by atoms with Gasteiger partial charge in [0.25, 0.3) is 5.91 Å². The third kappa shape index (κ3) is 3.68. The number of benzene rings is 2. The summed E-state index contributed by atoms with van der Waals surface area (Å²) in [7, 11) is 0. The van der Waals surface area contributed by atoms with Gasteiger partial charge in [0.05, 0.1) is 5.71 Å². The van der Waals surface area contributed by atoms with Crippen LogP contribution in [0.15, 0.2) is 58.1 Å². The van der Waals surface area contributed by atoms with Crippen molar-refractivity contribution in [1.82, 2.24) is 5.43 Å². The lowest BCUT2D eigenvalue weighted by Crippen LogP contribution is -2.19. The number of halogens is 1. The van der Waals surface area contributed by atoms with Crippen LogP contribution in [0.25, 0.3) is 0 Å². The maximum atomic E-state index is 11.9. The van der Waals surface area contributed by atoms with Gasteiger partial charge in [0.1, 0.15) is 0 Å². The Bertz CT molecular complexity index is 650. The molecule has 4 nitrogen and oxygen atoms in total. The molecule has 2 rings (SSSR count). The Balaban J connectivity index is 2.08. The fourth-order valence-corrected chi connectivity index (χ4v) is 2.02. The number of nitrogen functional groups attached to an aromatic ring is 1. The lowest BCUT2D eigenvalue weighted by molar-refractivity contribution is 0.0955. The Morgan fingerprint density at radius 1 is 1.15 bits per heavy atom. The zero-order chi connectivity index (χ0) is 14.5. The van der Waals surface area contributed by atoms with Gasteiger partial charge in [-0.3, -0.25) is 4.79 Å². The topological polar surface area (TPSA) is 67.5 Å². The van der Waals surface area contributed by atoms with E-state index in [0.29, 0.717) is 17.0 Å². The third-order valence-electron chi connectivity index (χ3n) is 2.74. The SMILES string of the molecule is C/C(=N\NC(=O)c1cccc(Br)c1)c1ccc(N)cc1. The number of hydrazone groups is 1. The molecule has 5 heteroatoms. The Hall–Kier alpha value is -2.14. The van der Waals surface area contributed by atoms with Crippen molar-refractivity contribution in [3.05, 3.63) is 64.1 Å². The second-order valence-corrected chi connectivity index (χ2v) is 5.19. The molecule has 0 unspecified atom stereocenters. The van der Waals surface area contributed by atoms with Crippen LogP contribution in [0.2, 0.25) is 0 Å². The predicted octanol–water partition coefficient (Wildman–Crippen LogP) is 3.19. The van der Waals surface area contributed by atoms with Crippen LogP contribution in [0, 0.1) is 0 Å². The zero-order valence-corrected chi connectivity index (χ0v) is 12.5. The van der Waals surface area contributed by atoms with Crippen LogP contribution < -0.4 is 11.2 Å². The lowest BCUT2D eigenvalue weighted by atomic mass is 10.1. The molecule has 0 bridgehead atoms. The summed E-state index contributed by atoms with van der Waals surface area (Å²) in [6.45, 7) is 1.83. The molecular formula is C15H14BrN3O. The standard InChI is InChI=1S/C15H14BrN3O/c1-10(11-5-7-14(17)8-6-11)18-19-15(20)12-3-2-4-13(16)9-12/h2-9H,17H2,1H3,(H,19,20)/b18-10+. The maximum Gasteiger partial charge on any atom is 0.271 e. The van der Waals surface area contributed by atoms with Crippen LogP contribution >= 0.6 is 15.9 Å². The highest BCUT2D eigenvalue weighted by Gasteiger charge is 2.05. The van der Waals surface area contributed by atoms with Crippen LogP contribution in [-0.4, -0.2) is 11.6 Å². The minimum atomic E-state index is -0.249. The Kier molecular flexibility index (Phi) is 4.53. The van der Waals surface area contributed by atoms with Gasteiger partial charge in [-0.2, -0.15) is 5.10 Å². The van der Waals surface area contributed by atoms with E-state index in [1.807, 2.05) is 25.1 Å². The summed E-state index contributed by atoms with van der Waals surface area (Å²) in [5.41, 5.74) is 11.0. The average Bonchev–Trinajstić information content (AvgIpc) is 2.45. The van der Waals surface area contributed by atoms with E-state index >= 15 is 0 Å². The van der Waals surface area contributed by atoms with Crippen molar-refractivity contribution in [2.24, 2.45) is 5.10 Å². The van der Waals surface area contributed by atoms with E-state index in [9.17, 15) is 4.79 Å². The zero-order valence-electron chi connectivity index (χ0n) is 10.9. The molecule has 0 aliphatic carbocycles. The summed E-state index contributed by atoms with van der Waals surface area (Å²) in [5.74, 6) is -0.249. The van der Waals surface area contributed by atoms with Gasteiger partial charge in [-0.15, -0.1) is 0 Å². The fourth-order valence-electron chi connectivity index (χ4n) is 1.62. The molecule has 0 saturated heterocycles. The second-order valence-electron chi connectivity index (χ2n) is 4.27. The van der Waals surface area contributed by atoms with Gasteiger partial charge in [0, 0.05) is 15.7 Å². The minimum Gasteiger partial charge on any atom is -0.399 e. The summed E-state index contributed by atoms with van der Waals surface area (Å²) in [4.78, 5) is 11.9. The van der Waals surface area contributed by atoms with Crippen LogP contribution in [0.1, 0.15) is 22.8 Å². The molecule has 0 fully saturated rings. The van der Waals surface area contributed by atoms with Crippen molar-refractivity contribution < 1.29 is 4.79 Å². The van der Waals surface area contributed by atoms with Crippen molar-refractivity contribution in [3.63, 3.8) is 0 Å². The first-order valence-corrected chi connectivity index (χ1v) is 6.81. The highest BCUT2D eigenvalue weighted by Crippen LogP contribution is 2.11. The molecule has 0 aliphatic heterocycles. The fraction of sp³-hybridized carbons (Fsp3) is 0.0667. The molecular weight excluding hydrogens is 318 g/mol. The number of hydrogen-bond donors (Lipinski definition) is 2. The number of anilines is 1. The molecule has 0 radical (unpaired) electrons. The van der Waals surface area contributed by atoms with E-state index in [1.165, 1.54) is 0 Å². The van der Waals surface area contributed by atoms with Crippen LogP contribution in [0.4, 0.5) is 5.69 Å². The summed E-state index contributed by atoms with van der Waals surface area (Å²) in [6.07, 6.45) is 0. The quantitative estimate of drug-likeness (QED) is 0.515. The minimum absolute atomic E-state index is 0.249. The van der Waals surface area contributed by atoms with Gasteiger partial charge >= 0.3 is 0 Å². The van der Waals surface area contributed by atoms with Crippen molar-refractivity contribution in [1.29, 1.82) is 0 Å². The van der Waals surface area contributed by atoms with Gasteiger partial charge in [-0.05, 0) is 42.8 Å². The van der Waals surface area contributed by atoms with Crippen LogP contribution in [0.3, 0.4) is 0 Å². The molecule has 0 aromatic heterocycles. The van der Waals surface area contributed by atoms with Crippen molar-refractivity contribution in [2.45, 2.75) is 6.92 Å². The Labute approximate surface area is 125 Å². The van der Waals surface area contributed by atoms with E-state index in [0.717, 1.165) is 10.0 Å². The van der Waals surface area contributed by atoms with E-state index in [2.05, 4.69) is 26.5 Å². The highest BCUT2D eigenvalue weighted by molar-refractivity contribution is 9.10. The summed E-state index contributed by atoms with van der Waals surface area (Å²) < 4.78 is 0.851. The summed E-state index contributed by atoms with van der Waals surface area (Å²) >= 11 is 3.33. The van der Waals surface area contributed by atoms with Crippen LogP contribution in [0.5, 0.6) is 0 Å². The number of nitrogens with zero attached hydrogens (tertiary/aromatic N) is 1. The predicted molar refractivity (Wildman–Crippen MR) is 84.7 cm³/mol. The molecule has 1 amide bonds. The maximum absolute atomic E-state index is 11.9. The number of carbonyl (C=O) groups excluding carboxylic acids is 1. The Morgan fingerprint density at radius 2 is 1.85 bits per heavy atom. The molecule has 3 N–H and O–H groups in total. The molecule has 0 heterocycles. The van der Waals surface area contributed by atoms with Gasteiger partial charge in [0.2, 0.25) is 0 Å². The first-order valence-electron chi connectivity index (χ1n) is 6.02. The lowest BCUT2D eigenvalue weighted by Gasteiger charge is -2.04. The number of hydrogen-bond acceptors (Lipinski definition) is 3. The van der Waals surface area contributed by atoms with E-state index in [-0.39, 0.29) is 5.91 Å². The first kappa shape index (κ1) is 14.3. The number of amides is 1. The molecule has 0 aliphatic rings. The van der Waals surface area contributed by atoms with E-state index < -0.39 is 0 Å². The number of rotatable bonds is 3. The monoisotopic (exact) mass is 331 g/mol. The largest absolute Gasteiger partial charge is 0.399 e. The smallest absolute Gasteiger partial charge is 0.271 e. The molecule has 2 aromatic carbocycles. The van der Waals surface area contributed by atoms with Crippen molar-refractivity contribution >= 4 is 33.2 Å². The Morgan fingerprint density at radius 3 is 2.50 bits per heavy atom. The van der Waals surface area contributed by atoms with Crippen molar-refractivity contribution in [3.8, 4) is 0 Å². The van der Waals surface area contributed by atoms with Gasteiger partial charge in [-0.25, -0.2) is 5.43 Å². The summed E-state index contributed by atoms with van der Waals surface area (Å²) in [5, 5.41) is 4.09. The van der Waals surface area contributed by atoms with Crippen molar-refractivity contribution in [2.75, 3.05) is 5.73 Å². The number of nitrogens with one attached hydrogen (secondary N) is 1.